The van der Waals surface area contributed by atoms with Crippen LogP contribution in [0.1, 0.15) is 5.56 Å². The Labute approximate surface area is 77.1 Å². The van der Waals surface area contributed by atoms with Crippen molar-refractivity contribution in [1.29, 1.82) is 0 Å². The zero-order chi connectivity index (χ0) is 10.1. The van der Waals surface area contributed by atoms with Gasteiger partial charge in [0.2, 0.25) is 0 Å². The minimum absolute atomic E-state index is 0.607. The average Bonchev–Trinajstić information content (AvgIpc) is 2.04. The van der Waals surface area contributed by atoms with Gasteiger partial charge in [0.1, 0.15) is 0 Å². The van der Waals surface area contributed by atoms with Crippen LogP contribution in [0.2, 0.25) is 0 Å². The molecule has 0 spiro atoms. The topological polar surface area (TPSA) is 0 Å². The van der Waals surface area contributed by atoms with Crippen molar-refractivity contribution in [2.75, 3.05) is 0 Å². The quantitative estimate of drug-likeness (QED) is 0.493. The van der Waals surface area contributed by atoms with E-state index < -0.39 is 16.9 Å². The van der Waals surface area contributed by atoms with Crippen LogP contribution in [0, 0.1) is 0 Å². The first-order chi connectivity index (χ1) is 5.86. The van der Waals surface area contributed by atoms with Gasteiger partial charge in [-0.25, -0.2) is 4.39 Å². The minimum atomic E-state index is -5.10. The summed E-state index contributed by atoms with van der Waals surface area (Å²) in [4.78, 5) is 0. The van der Waals surface area contributed by atoms with E-state index in [1.807, 2.05) is 0 Å². The molecule has 0 nitrogen and oxygen atoms in total. The van der Waals surface area contributed by atoms with Crippen LogP contribution >= 0.6 is 11.6 Å². The van der Waals surface area contributed by atoms with E-state index in [-0.39, 0.29) is 0 Å². The lowest BCUT2D eigenvalue weighted by Crippen LogP contribution is -2.32. The fraction of sp³-hybridized carbons (Fsp3) is 0.250. The molecule has 0 saturated heterocycles. The van der Waals surface area contributed by atoms with Crippen molar-refractivity contribution in [3.63, 3.8) is 0 Å². The summed E-state index contributed by atoms with van der Waals surface area (Å²) in [5.74, 6) is 0. The summed E-state index contributed by atoms with van der Waals surface area (Å²) in [6.07, 6.45) is -5.10. The molecule has 0 aromatic heterocycles. The van der Waals surface area contributed by atoms with Gasteiger partial charge in [-0.1, -0.05) is 41.9 Å². The fourth-order valence-corrected chi connectivity index (χ4v) is 0.937. The van der Waals surface area contributed by atoms with Crippen LogP contribution in [0.3, 0.4) is 0 Å². The molecule has 72 valence electrons. The first-order valence-electron chi connectivity index (χ1n) is 3.36. The summed E-state index contributed by atoms with van der Waals surface area (Å²) < 4.78 is 49.0. The molecule has 0 aliphatic carbocycles. The van der Waals surface area contributed by atoms with E-state index in [9.17, 15) is 17.6 Å². The minimum Gasteiger partial charge on any atom is -0.211 e. The molecule has 0 heterocycles. The Morgan fingerprint density at radius 2 is 1.38 bits per heavy atom. The highest BCUT2D eigenvalue weighted by Gasteiger charge is 2.56. The molecule has 0 N–H and O–H groups in total. The number of rotatable bonds is 1. The van der Waals surface area contributed by atoms with E-state index >= 15 is 0 Å². The predicted octanol–water partition coefficient (Wildman–Crippen LogP) is 3.61. The molecule has 0 aliphatic rings. The molecule has 0 radical (unpaired) electrons. The SMILES string of the molecule is FC(F)(F)[C@](F)(Cl)c1ccccc1. The third-order valence-corrected chi connectivity index (χ3v) is 1.92. The summed E-state index contributed by atoms with van der Waals surface area (Å²) in [6.45, 7) is 0. The number of alkyl halides is 5. The van der Waals surface area contributed by atoms with Crippen LogP contribution in [0.15, 0.2) is 30.3 Å². The third-order valence-electron chi connectivity index (χ3n) is 1.49. The molecule has 13 heavy (non-hydrogen) atoms. The Morgan fingerprint density at radius 3 is 1.77 bits per heavy atom. The molecule has 0 bridgehead atoms. The van der Waals surface area contributed by atoms with E-state index in [1.165, 1.54) is 18.2 Å². The Hall–Kier alpha value is -0.770. The van der Waals surface area contributed by atoms with Gasteiger partial charge < -0.3 is 0 Å². The molecule has 0 aliphatic heterocycles. The van der Waals surface area contributed by atoms with Gasteiger partial charge in [0, 0.05) is 5.56 Å². The van der Waals surface area contributed by atoms with Crippen molar-refractivity contribution in [3.8, 4) is 0 Å². The van der Waals surface area contributed by atoms with Crippen LogP contribution in [0.5, 0.6) is 0 Å². The zero-order valence-corrected chi connectivity index (χ0v) is 7.03. The van der Waals surface area contributed by atoms with Crippen LogP contribution < -0.4 is 0 Å². The maximum atomic E-state index is 13.0. The van der Waals surface area contributed by atoms with Crippen LogP contribution in [-0.2, 0) is 5.13 Å². The smallest absolute Gasteiger partial charge is 0.211 e. The average molecular weight is 213 g/mol. The lowest BCUT2D eigenvalue weighted by molar-refractivity contribution is -0.202. The molecule has 1 rings (SSSR count). The van der Waals surface area contributed by atoms with E-state index in [4.69, 9.17) is 11.6 Å². The Balaban J connectivity index is 3.08. The third kappa shape index (κ3) is 1.94. The molecule has 5 heteroatoms. The largest absolute Gasteiger partial charge is 0.441 e. The van der Waals surface area contributed by atoms with Crippen molar-refractivity contribution in [2.24, 2.45) is 0 Å². The monoisotopic (exact) mass is 212 g/mol. The first kappa shape index (κ1) is 10.3. The summed E-state index contributed by atoms with van der Waals surface area (Å²) in [5.41, 5.74) is -0.607. The second kappa shape index (κ2) is 3.18. The maximum absolute atomic E-state index is 13.0. The Bertz CT molecular complexity index is 278. The summed E-state index contributed by atoms with van der Waals surface area (Å²) in [6, 6.07) is 6.03. The summed E-state index contributed by atoms with van der Waals surface area (Å²) in [7, 11) is 0. The second-order valence-electron chi connectivity index (χ2n) is 2.44. The standard InChI is InChI=1S/C8H5ClF4/c9-7(10,8(11,12)13)6-4-2-1-3-5-6/h1-5H/t7-/m0/s1. The fourth-order valence-electron chi connectivity index (χ4n) is 0.811. The van der Waals surface area contributed by atoms with Crippen molar-refractivity contribution < 1.29 is 17.6 Å². The first-order valence-corrected chi connectivity index (χ1v) is 3.73. The van der Waals surface area contributed by atoms with Gasteiger partial charge in [-0.15, -0.1) is 0 Å². The second-order valence-corrected chi connectivity index (χ2v) is 2.96. The van der Waals surface area contributed by atoms with E-state index in [0.29, 0.717) is 0 Å². The predicted molar refractivity (Wildman–Crippen MR) is 41.1 cm³/mol. The molecule has 0 amide bonds. The maximum Gasteiger partial charge on any atom is 0.441 e. The van der Waals surface area contributed by atoms with Gasteiger partial charge in [-0.05, 0) is 0 Å². The van der Waals surface area contributed by atoms with Gasteiger partial charge in [-0.3, -0.25) is 0 Å². The van der Waals surface area contributed by atoms with Crippen LogP contribution in [-0.4, -0.2) is 6.18 Å². The number of benzene rings is 1. The molecule has 0 fully saturated rings. The number of halogens is 5. The van der Waals surface area contributed by atoms with Gasteiger partial charge in [0.15, 0.2) is 0 Å². The van der Waals surface area contributed by atoms with E-state index in [1.54, 1.807) is 0 Å². The normalized spacial score (nSPS) is 16.7. The lowest BCUT2D eigenvalue weighted by atomic mass is 10.1. The molecular formula is C8H5ClF4. The van der Waals surface area contributed by atoms with Crippen molar-refractivity contribution in [2.45, 2.75) is 11.3 Å². The molecule has 1 aromatic carbocycles. The van der Waals surface area contributed by atoms with Crippen molar-refractivity contribution >= 4 is 11.6 Å². The molecule has 0 unspecified atom stereocenters. The number of hydrogen-bond acceptors (Lipinski definition) is 0. The van der Waals surface area contributed by atoms with Crippen LogP contribution in [0.4, 0.5) is 17.6 Å². The molecule has 1 aromatic rings. The Kier molecular flexibility index (Phi) is 2.52. The van der Waals surface area contributed by atoms with Gasteiger partial charge in [0.05, 0.1) is 0 Å². The molecular weight excluding hydrogens is 208 g/mol. The van der Waals surface area contributed by atoms with Crippen molar-refractivity contribution in [3.05, 3.63) is 35.9 Å². The van der Waals surface area contributed by atoms with E-state index in [2.05, 4.69) is 0 Å². The Morgan fingerprint density at radius 1 is 0.923 bits per heavy atom. The van der Waals surface area contributed by atoms with Crippen LogP contribution in [0.25, 0.3) is 0 Å². The summed E-state index contributed by atoms with van der Waals surface area (Å²) in [5, 5.41) is -3.80. The zero-order valence-electron chi connectivity index (χ0n) is 6.28. The lowest BCUT2D eigenvalue weighted by Gasteiger charge is -2.21. The molecule has 0 saturated carbocycles. The van der Waals surface area contributed by atoms with Gasteiger partial charge >= 0.3 is 11.3 Å². The van der Waals surface area contributed by atoms with Gasteiger partial charge in [0.25, 0.3) is 0 Å². The highest BCUT2D eigenvalue weighted by Crippen LogP contribution is 2.45. The van der Waals surface area contributed by atoms with Crippen molar-refractivity contribution in [1.82, 2.24) is 0 Å². The molecule has 1 atom stereocenters. The summed E-state index contributed by atoms with van der Waals surface area (Å²) >= 11 is 4.75. The number of hydrogen-bond donors (Lipinski definition) is 0. The van der Waals surface area contributed by atoms with Gasteiger partial charge in [-0.2, -0.15) is 13.2 Å². The highest BCUT2D eigenvalue weighted by molar-refractivity contribution is 6.23. The highest BCUT2D eigenvalue weighted by atomic mass is 35.5. The van der Waals surface area contributed by atoms with E-state index in [0.717, 1.165) is 12.1 Å².